The van der Waals surface area contributed by atoms with Gasteiger partial charge in [0.25, 0.3) is 0 Å². The lowest BCUT2D eigenvalue weighted by Crippen LogP contribution is -2.61. The lowest BCUT2D eigenvalue weighted by Gasteiger charge is -2.53. The minimum Gasteiger partial charge on any atom is -0.457 e. The Morgan fingerprint density at radius 3 is 2.35 bits per heavy atom. The molecule has 0 radical (unpaired) electrons. The molecule has 8 nitrogen and oxygen atoms in total. The number of rotatable bonds is 4. The summed E-state index contributed by atoms with van der Waals surface area (Å²) in [6.07, 6.45) is 5.14. The van der Waals surface area contributed by atoms with E-state index in [1.54, 1.807) is 19.1 Å². The number of carbonyl (C=O) groups excluding carboxylic acids is 4. The Labute approximate surface area is 235 Å². The Kier molecular flexibility index (Phi) is 8.22. The van der Waals surface area contributed by atoms with Crippen molar-refractivity contribution in [2.24, 2.45) is 29.1 Å². The van der Waals surface area contributed by atoms with Crippen LogP contribution in [-0.2, 0) is 35.1 Å². The molecule has 1 amide bonds. The maximum atomic E-state index is 14.4. The molecule has 1 saturated heterocycles. The summed E-state index contributed by atoms with van der Waals surface area (Å²) in [7, 11) is 0. The average molecular weight is 550 g/mol. The Balaban J connectivity index is 1.99. The molecule has 0 bridgehead atoms. The van der Waals surface area contributed by atoms with Gasteiger partial charge in [0.1, 0.15) is 23.2 Å². The van der Waals surface area contributed by atoms with Gasteiger partial charge in [-0.2, -0.15) is 0 Å². The first-order valence-corrected chi connectivity index (χ1v) is 13.8. The first-order chi connectivity index (χ1) is 18.8. The molecule has 2 N–H and O–H groups in total. The molecule has 4 rings (SSSR count). The fourth-order valence-corrected chi connectivity index (χ4v) is 6.98. The predicted molar refractivity (Wildman–Crippen MR) is 149 cm³/mol. The standard InChI is InChI=1S/C32H39NO7/c1-18-11-10-14-24-28(40-22(5)35)20(3)19(2)27-25(17-23-12-8-7-9-13-23)33-30(37)32(24,27)26(39-21(4)34)15-16-31(6,38)29(18)36/h7-10,12-16,18-19,24-28,38H,3,11,17H2,1-2,4-6H3,(H,33,37). The van der Waals surface area contributed by atoms with Crippen molar-refractivity contribution < 1.29 is 33.8 Å². The SMILES string of the molecule is C=C1C(C)C2C(Cc3ccccc3)NC(=O)C23C(OC(C)=O)C=CC(C)(O)C(=O)C(C)CC=CC3C1OC(C)=O. The number of hydrogen-bond acceptors (Lipinski definition) is 7. The van der Waals surface area contributed by atoms with Gasteiger partial charge in [-0.15, -0.1) is 0 Å². The first kappa shape index (κ1) is 29.5. The van der Waals surface area contributed by atoms with Gasteiger partial charge in [-0.05, 0) is 49.0 Å². The summed E-state index contributed by atoms with van der Waals surface area (Å²) in [5.41, 5.74) is -1.59. The summed E-state index contributed by atoms with van der Waals surface area (Å²) >= 11 is 0. The van der Waals surface area contributed by atoms with Crippen molar-refractivity contribution in [3.63, 3.8) is 0 Å². The van der Waals surface area contributed by atoms with Crippen LogP contribution < -0.4 is 5.32 Å². The zero-order valence-corrected chi connectivity index (χ0v) is 23.8. The van der Waals surface area contributed by atoms with Crippen LogP contribution in [0.4, 0.5) is 0 Å². The Hall–Kier alpha value is -3.52. The van der Waals surface area contributed by atoms with Gasteiger partial charge in [-0.25, -0.2) is 0 Å². The van der Waals surface area contributed by atoms with Gasteiger partial charge < -0.3 is 19.9 Å². The van der Waals surface area contributed by atoms with Crippen LogP contribution in [0.25, 0.3) is 0 Å². The van der Waals surface area contributed by atoms with Gasteiger partial charge in [0.2, 0.25) is 5.91 Å². The molecule has 9 unspecified atom stereocenters. The highest BCUT2D eigenvalue weighted by molar-refractivity contribution is 5.91. The first-order valence-electron chi connectivity index (χ1n) is 13.8. The van der Waals surface area contributed by atoms with Crippen molar-refractivity contribution in [2.75, 3.05) is 0 Å². The third-order valence-electron chi connectivity index (χ3n) is 8.79. The van der Waals surface area contributed by atoms with Crippen LogP contribution in [0.5, 0.6) is 0 Å². The van der Waals surface area contributed by atoms with Crippen molar-refractivity contribution in [3.8, 4) is 0 Å². The molecular formula is C32H39NO7. The lowest BCUT2D eigenvalue weighted by atomic mass is 9.51. The number of aliphatic hydroxyl groups is 1. The summed E-state index contributed by atoms with van der Waals surface area (Å²) in [4.78, 5) is 52.3. The molecule has 1 saturated carbocycles. The molecule has 0 aromatic heterocycles. The monoisotopic (exact) mass is 549 g/mol. The number of hydrogen-bond donors (Lipinski definition) is 2. The second kappa shape index (κ2) is 11.2. The van der Waals surface area contributed by atoms with Crippen molar-refractivity contribution in [1.82, 2.24) is 5.32 Å². The fourth-order valence-electron chi connectivity index (χ4n) is 6.98. The van der Waals surface area contributed by atoms with Gasteiger partial charge in [-0.3, -0.25) is 19.2 Å². The van der Waals surface area contributed by atoms with Gasteiger partial charge in [0.15, 0.2) is 5.78 Å². The van der Waals surface area contributed by atoms with Crippen LogP contribution in [0.2, 0.25) is 0 Å². The number of nitrogens with one attached hydrogen (secondary N) is 1. The normalized spacial score (nSPS) is 37.5. The van der Waals surface area contributed by atoms with Gasteiger partial charge >= 0.3 is 11.9 Å². The number of allylic oxidation sites excluding steroid dienone is 1. The van der Waals surface area contributed by atoms with Crippen LogP contribution in [-0.4, -0.2) is 52.6 Å². The molecule has 2 aliphatic carbocycles. The molecule has 214 valence electrons. The van der Waals surface area contributed by atoms with E-state index in [0.29, 0.717) is 18.4 Å². The maximum absolute atomic E-state index is 14.4. The molecule has 1 spiro atoms. The summed E-state index contributed by atoms with van der Waals surface area (Å²) in [5, 5.41) is 14.3. The number of ether oxygens (including phenoxy) is 2. The van der Waals surface area contributed by atoms with E-state index in [9.17, 15) is 24.3 Å². The highest BCUT2D eigenvalue weighted by Crippen LogP contribution is 2.59. The minimum atomic E-state index is -1.85. The van der Waals surface area contributed by atoms with Crippen LogP contribution in [0.15, 0.2) is 66.8 Å². The van der Waals surface area contributed by atoms with Gasteiger partial charge in [0.05, 0.1) is 0 Å². The second-order valence-electron chi connectivity index (χ2n) is 11.6. The number of amides is 1. The molecule has 1 aromatic rings. The number of benzene rings is 1. The maximum Gasteiger partial charge on any atom is 0.303 e. The second-order valence-corrected chi connectivity index (χ2v) is 11.6. The smallest absolute Gasteiger partial charge is 0.303 e. The topological polar surface area (TPSA) is 119 Å². The molecule has 1 heterocycles. The third-order valence-corrected chi connectivity index (χ3v) is 8.79. The molecule has 9 atom stereocenters. The zero-order valence-electron chi connectivity index (χ0n) is 23.8. The molecule has 1 aliphatic heterocycles. The van der Waals surface area contributed by atoms with Crippen LogP contribution >= 0.6 is 0 Å². The summed E-state index contributed by atoms with van der Waals surface area (Å²) in [5.74, 6) is -3.94. The largest absolute Gasteiger partial charge is 0.457 e. The van der Waals surface area contributed by atoms with Crippen molar-refractivity contribution in [1.29, 1.82) is 0 Å². The predicted octanol–water partition coefficient (Wildman–Crippen LogP) is 3.49. The Morgan fingerprint density at radius 1 is 1.07 bits per heavy atom. The molecule has 1 aromatic carbocycles. The van der Waals surface area contributed by atoms with Crippen molar-refractivity contribution >= 4 is 23.6 Å². The Morgan fingerprint density at radius 2 is 1.73 bits per heavy atom. The van der Waals surface area contributed by atoms with Gasteiger partial charge in [-0.1, -0.05) is 62.9 Å². The van der Waals surface area contributed by atoms with Crippen molar-refractivity contribution in [2.45, 2.75) is 71.3 Å². The van der Waals surface area contributed by atoms with Crippen LogP contribution in [0.3, 0.4) is 0 Å². The van der Waals surface area contributed by atoms with E-state index in [1.807, 2.05) is 37.3 Å². The number of esters is 2. The molecule has 3 aliphatic rings. The van der Waals surface area contributed by atoms with E-state index >= 15 is 0 Å². The van der Waals surface area contributed by atoms with E-state index in [4.69, 9.17) is 9.47 Å². The third kappa shape index (κ3) is 5.17. The highest BCUT2D eigenvalue weighted by Gasteiger charge is 2.69. The Bertz CT molecular complexity index is 1250. The van der Waals surface area contributed by atoms with Crippen LogP contribution in [0, 0.1) is 29.1 Å². The van der Waals surface area contributed by atoms with E-state index in [-0.39, 0.29) is 17.9 Å². The summed E-state index contributed by atoms with van der Waals surface area (Å²) in [6, 6.07) is 9.42. The minimum absolute atomic E-state index is 0.294. The highest BCUT2D eigenvalue weighted by atomic mass is 16.6. The molecule has 8 heteroatoms. The zero-order chi connectivity index (χ0) is 29.4. The van der Waals surface area contributed by atoms with Gasteiger partial charge in [0, 0.05) is 37.6 Å². The van der Waals surface area contributed by atoms with E-state index in [0.717, 1.165) is 5.56 Å². The van der Waals surface area contributed by atoms with E-state index in [1.165, 1.54) is 32.9 Å². The fraction of sp³-hybridized carbons (Fsp3) is 0.500. The van der Waals surface area contributed by atoms with E-state index in [2.05, 4.69) is 11.9 Å². The average Bonchev–Trinajstić information content (AvgIpc) is 3.17. The number of carbonyl (C=O) groups is 4. The number of Topliss-reactive ketones (excluding diaryl/α,β-unsaturated/α-hetero) is 1. The summed E-state index contributed by atoms with van der Waals surface area (Å²) in [6.45, 7) is 11.9. The van der Waals surface area contributed by atoms with Crippen LogP contribution in [0.1, 0.15) is 46.6 Å². The van der Waals surface area contributed by atoms with E-state index < -0.39 is 58.7 Å². The van der Waals surface area contributed by atoms with Crippen molar-refractivity contribution in [3.05, 3.63) is 72.4 Å². The quantitative estimate of drug-likeness (QED) is 0.436. The summed E-state index contributed by atoms with van der Waals surface area (Å²) < 4.78 is 11.7. The lowest BCUT2D eigenvalue weighted by molar-refractivity contribution is -0.173. The molecule has 2 fully saturated rings. The molecular weight excluding hydrogens is 510 g/mol. The molecule has 40 heavy (non-hydrogen) atoms. The number of ketones is 1.